The summed E-state index contributed by atoms with van der Waals surface area (Å²) in [4.78, 5) is 12.1. The average Bonchev–Trinajstić information content (AvgIpc) is 2.35. The molecule has 108 valence electrons. The van der Waals surface area contributed by atoms with Crippen LogP contribution in [0.4, 0.5) is 0 Å². The van der Waals surface area contributed by atoms with Crippen LogP contribution in [0.25, 0.3) is 0 Å². The highest BCUT2D eigenvalue weighted by Gasteiger charge is 2.30. The highest BCUT2D eigenvalue weighted by Crippen LogP contribution is 2.15. The van der Waals surface area contributed by atoms with E-state index in [1.54, 1.807) is 0 Å². The quantitative estimate of drug-likeness (QED) is 0.622. The molecule has 0 saturated heterocycles. The summed E-state index contributed by atoms with van der Waals surface area (Å²) in [6.07, 6.45) is 2.49. The van der Waals surface area contributed by atoms with E-state index in [0.29, 0.717) is 0 Å². The molecule has 3 N–H and O–H groups in total. The topological polar surface area (TPSA) is 61.4 Å². The molecule has 1 amide bonds. The second-order valence-corrected chi connectivity index (χ2v) is 5.74. The van der Waals surface area contributed by atoms with Crippen LogP contribution in [0, 0.1) is 0 Å². The van der Waals surface area contributed by atoms with Gasteiger partial charge < -0.3 is 10.4 Å². The lowest BCUT2D eigenvalue weighted by Gasteiger charge is -2.35. The van der Waals surface area contributed by atoms with E-state index in [-0.39, 0.29) is 29.6 Å². The number of hydrogen-bond donors (Lipinski definition) is 3. The molecule has 18 heavy (non-hydrogen) atoms. The van der Waals surface area contributed by atoms with E-state index in [1.165, 1.54) is 0 Å². The molecule has 0 saturated carbocycles. The minimum absolute atomic E-state index is 0.0124. The van der Waals surface area contributed by atoms with Crippen LogP contribution in [0.3, 0.4) is 0 Å². The number of carbonyl (C=O) groups excluding carboxylic acids is 1. The first-order valence-electron chi connectivity index (χ1n) is 6.96. The van der Waals surface area contributed by atoms with Gasteiger partial charge in [0.15, 0.2) is 0 Å². The smallest absolute Gasteiger partial charge is 0.237 e. The van der Waals surface area contributed by atoms with Crippen molar-refractivity contribution >= 4 is 5.91 Å². The number of rotatable bonds is 8. The highest BCUT2D eigenvalue weighted by molar-refractivity contribution is 5.82. The van der Waals surface area contributed by atoms with Crippen molar-refractivity contribution in [2.45, 2.75) is 77.9 Å². The first kappa shape index (κ1) is 17.4. The van der Waals surface area contributed by atoms with E-state index < -0.39 is 0 Å². The lowest BCUT2D eigenvalue weighted by atomic mass is 9.92. The van der Waals surface area contributed by atoms with Crippen molar-refractivity contribution in [1.82, 2.24) is 10.6 Å². The van der Waals surface area contributed by atoms with Gasteiger partial charge in [-0.05, 0) is 40.0 Å². The zero-order valence-corrected chi connectivity index (χ0v) is 12.8. The van der Waals surface area contributed by atoms with E-state index in [4.69, 9.17) is 0 Å². The van der Waals surface area contributed by atoms with Gasteiger partial charge in [0.2, 0.25) is 5.91 Å². The highest BCUT2D eigenvalue weighted by atomic mass is 16.3. The van der Waals surface area contributed by atoms with E-state index in [2.05, 4.69) is 17.6 Å². The third-order valence-corrected chi connectivity index (χ3v) is 3.92. The van der Waals surface area contributed by atoms with E-state index in [0.717, 1.165) is 19.3 Å². The van der Waals surface area contributed by atoms with Crippen LogP contribution < -0.4 is 10.6 Å². The molecule has 0 spiro atoms. The van der Waals surface area contributed by atoms with Crippen LogP contribution in [0.15, 0.2) is 0 Å². The number of amides is 1. The molecule has 0 bridgehead atoms. The van der Waals surface area contributed by atoms with Gasteiger partial charge in [0.1, 0.15) is 0 Å². The normalized spacial score (nSPS) is 14.4. The maximum absolute atomic E-state index is 12.1. The standard InChI is InChI=1S/C14H30N2O2/c1-7-13(5,6)16-12(18)11(4)15-14(8-2,9-3)10-17/h11,15,17H,7-10H2,1-6H3,(H,16,18). The summed E-state index contributed by atoms with van der Waals surface area (Å²) in [5.41, 5.74) is -0.541. The Labute approximate surface area is 112 Å². The summed E-state index contributed by atoms with van der Waals surface area (Å²) in [6, 6.07) is -0.303. The fraction of sp³-hybridized carbons (Fsp3) is 0.929. The van der Waals surface area contributed by atoms with Gasteiger partial charge in [0, 0.05) is 11.1 Å². The summed E-state index contributed by atoms with van der Waals surface area (Å²) in [5, 5.41) is 15.8. The predicted octanol–water partition coefficient (Wildman–Crippen LogP) is 1.82. The second-order valence-electron chi connectivity index (χ2n) is 5.74. The minimum atomic E-state index is -0.354. The molecule has 0 aliphatic carbocycles. The molecule has 0 aliphatic heterocycles. The van der Waals surface area contributed by atoms with E-state index in [1.807, 2.05) is 34.6 Å². The summed E-state index contributed by atoms with van der Waals surface area (Å²) in [6.45, 7) is 12.0. The Morgan fingerprint density at radius 2 is 1.67 bits per heavy atom. The van der Waals surface area contributed by atoms with Gasteiger partial charge >= 0.3 is 0 Å². The Kier molecular flexibility index (Phi) is 6.86. The molecular formula is C14H30N2O2. The van der Waals surface area contributed by atoms with E-state index >= 15 is 0 Å². The van der Waals surface area contributed by atoms with Crippen molar-refractivity contribution in [2.24, 2.45) is 0 Å². The first-order valence-corrected chi connectivity index (χ1v) is 6.96. The van der Waals surface area contributed by atoms with Crippen molar-refractivity contribution in [2.75, 3.05) is 6.61 Å². The Bertz CT molecular complexity index is 252. The maximum atomic E-state index is 12.1. The maximum Gasteiger partial charge on any atom is 0.237 e. The van der Waals surface area contributed by atoms with Gasteiger partial charge in [-0.1, -0.05) is 20.8 Å². The number of aliphatic hydroxyl groups excluding tert-OH is 1. The van der Waals surface area contributed by atoms with Crippen molar-refractivity contribution in [3.63, 3.8) is 0 Å². The average molecular weight is 258 g/mol. The van der Waals surface area contributed by atoms with Crippen LogP contribution in [-0.4, -0.2) is 34.7 Å². The van der Waals surface area contributed by atoms with Gasteiger partial charge in [-0.3, -0.25) is 10.1 Å². The number of carbonyl (C=O) groups is 1. The zero-order chi connectivity index (χ0) is 14.4. The molecule has 1 atom stereocenters. The van der Waals surface area contributed by atoms with Crippen LogP contribution in [-0.2, 0) is 4.79 Å². The molecule has 0 aromatic carbocycles. The number of nitrogens with one attached hydrogen (secondary N) is 2. The van der Waals surface area contributed by atoms with Gasteiger partial charge in [0.25, 0.3) is 0 Å². The van der Waals surface area contributed by atoms with Crippen molar-refractivity contribution in [3.05, 3.63) is 0 Å². The lowest BCUT2D eigenvalue weighted by Crippen LogP contribution is -2.58. The molecule has 1 unspecified atom stereocenters. The Balaban J connectivity index is 4.57. The minimum Gasteiger partial charge on any atom is -0.394 e. The van der Waals surface area contributed by atoms with Gasteiger partial charge in [-0.2, -0.15) is 0 Å². The van der Waals surface area contributed by atoms with Gasteiger partial charge in [0.05, 0.1) is 12.6 Å². The van der Waals surface area contributed by atoms with Gasteiger partial charge in [-0.25, -0.2) is 0 Å². The van der Waals surface area contributed by atoms with Crippen molar-refractivity contribution in [1.29, 1.82) is 0 Å². The third kappa shape index (κ3) is 4.94. The monoisotopic (exact) mass is 258 g/mol. The molecule has 0 rings (SSSR count). The molecule has 0 aliphatic rings. The molecule has 4 heteroatoms. The Morgan fingerprint density at radius 3 is 2.00 bits per heavy atom. The Hall–Kier alpha value is -0.610. The van der Waals surface area contributed by atoms with Crippen molar-refractivity contribution < 1.29 is 9.90 Å². The SMILES string of the molecule is CCC(C)(C)NC(=O)C(C)NC(CC)(CC)CO. The largest absolute Gasteiger partial charge is 0.394 e. The summed E-state index contributed by atoms with van der Waals surface area (Å²) in [7, 11) is 0. The fourth-order valence-electron chi connectivity index (χ4n) is 1.78. The summed E-state index contributed by atoms with van der Waals surface area (Å²) < 4.78 is 0. The zero-order valence-electron chi connectivity index (χ0n) is 12.8. The van der Waals surface area contributed by atoms with Crippen LogP contribution in [0.1, 0.15) is 60.8 Å². The molecule has 0 radical (unpaired) electrons. The fourth-order valence-corrected chi connectivity index (χ4v) is 1.78. The number of hydrogen-bond acceptors (Lipinski definition) is 3. The lowest BCUT2D eigenvalue weighted by molar-refractivity contribution is -0.125. The molecule has 0 heterocycles. The van der Waals surface area contributed by atoms with E-state index in [9.17, 15) is 9.90 Å². The summed E-state index contributed by atoms with van der Waals surface area (Å²) >= 11 is 0. The van der Waals surface area contributed by atoms with Crippen molar-refractivity contribution in [3.8, 4) is 0 Å². The molecule has 0 fully saturated rings. The van der Waals surface area contributed by atoms with Gasteiger partial charge in [-0.15, -0.1) is 0 Å². The first-order chi connectivity index (χ1) is 8.25. The predicted molar refractivity (Wildman–Crippen MR) is 75.5 cm³/mol. The van der Waals surface area contributed by atoms with Crippen LogP contribution in [0.5, 0.6) is 0 Å². The van der Waals surface area contributed by atoms with Crippen LogP contribution in [0.2, 0.25) is 0 Å². The second kappa shape index (κ2) is 7.10. The third-order valence-electron chi connectivity index (χ3n) is 3.92. The number of aliphatic hydroxyl groups is 1. The van der Waals surface area contributed by atoms with Crippen LogP contribution >= 0.6 is 0 Å². The molecular weight excluding hydrogens is 228 g/mol. The molecule has 0 aromatic heterocycles. The molecule has 4 nitrogen and oxygen atoms in total. The summed E-state index contributed by atoms with van der Waals surface area (Å²) in [5.74, 6) is -0.0124. The Morgan fingerprint density at radius 1 is 1.17 bits per heavy atom. The molecule has 0 aromatic rings.